The fourth-order valence-electron chi connectivity index (χ4n) is 2.82. The Bertz CT molecular complexity index is 574. The second-order valence-corrected chi connectivity index (χ2v) is 5.36. The van der Waals surface area contributed by atoms with Crippen LogP contribution < -0.4 is 10.6 Å². The van der Waals surface area contributed by atoms with Gasteiger partial charge in [-0.1, -0.05) is 30.3 Å². The normalized spacial score (nSPS) is 21.9. The summed E-state index contributed by atoms with van der Waals surface area (Å²) < 4.78 is 0. The molecule has 2 saturated heterocycles. The highest BCUT2D eigenvalue weighted by molar-refractivity contribution is 6.04. The van der Waals surface area contributed by atoms with Gasteiger partial charge in [-0.15, -0.1) is 0 Å². The maximum atomic E-state index is 12.6. The van der Waals surface area contributed by atoms with Gasteiger partial charge in [-0.3, -0.25) is 14.5 Å². The Kier molecular flexibility index (Phi) is 4.06. The lowest BCUT2D eigenvalue weighted by Crippen LogP contribution is -2.52. The summed E-state index contributed by atoms with van der Waals surface area (Å²) in [5, 5.41) is 5.70. The topological polar surface area (TPSA) is 81.8 Å². The summed E-state index contributed by atoms with van der Waals surface area (Å²) in [6.07, 6.45) is 0. The van der Waals surface area contributed by atoms with Gasteiger partial charge < -0.3 is 15.5 Å². The van der Waals surface area contributed by atoms with Gasteiger partial charge in [0.15, 0.2) is 0 Å². The van der Waals surface area contributed by atoms with E-state index in [-0.39, 0.29) is 30.9 Å². The van der Waals surface area contributed by atoms with E-state index in [1.807, 2.05) is 30.3 Å². The first kappa shape index (κ1) is 14.5. The number of nitrogens with zero attached hydrogens (tertiary/aromatic N) is 2. The monoisotopic (exact) mass is 302 g/mol. The highest BCUT2D eigenvalue weighted by atomic mass is 16.2. The van der Waals surface area contributed by atoms with Crippen molar-refractivity contribution in [3.8, 4) is 0 Å². The van der Waals surface area contributed by atoms with Crippen LogP contribution in [0.3, 0.4) is 0 Å². The van der Waals surface area contributed by atoms with Crippen molar-refractivity contribution in [2.45, 2.75) is 6.04 Å². The first-order valence-corrected chi connectivity index (χ1v) is 7.30. The molecule has 2 aliphatic heterocycles. The van der Waals surface area contributed by atoms with Crippen LogP contribution in [0.25, 0.3) is 0 Å². The van der Waals surface area contributed by atoms with E-state index in [2.05, 4.69) is 10.6 Å². The number of hydrogen-bond donors (Lipinski definition) is 2. The summed E-state index contributed by atoms with van der Waals surface area (Å²) in [5.41, 5.74) is 1.04. The van der Waals surface area contributed by atoms with Gasteiger partial charge in [0, 0.05) is 19.6 Å². The number of carbonyl (C=O) groups excluding carboxylic acids is 3. The van der Waals surface area contributed by atoms with Crippen molar-refractivity contribution in [3.63, 3.8) is 0 Å². The van der Waals surface area contributed by atoms with Gasteiger partial charge in [0.05, 0.1) is 12.6 Å². The minimum absolute atomic E-state index is 0.0320. The Labute approximate surface area is 128 Å². The lowest BCUT2D eigenvalue weighted by molar-refractivity contribution is -0.139. The number of imide groups is 1. The Morgan fingerprint density at radius 2 is 2.00 bits per heavy atom. The van der Waals surface area contributed by atoms with Gasteiger partial charge in [-0.2, -0.15) is 0 Å². The minimum Gasteiger partial charge on any atom is -0.332 e. The number of amides is 4. The molecule has 2 N–H and O–H groups in total. The Morgan fingerprint density at radius 1 is 1.23 bits per heavy atom. The Hall–Kier alpha value is -2.41. The smallest absolute Gasteiger partial charge is 0.325 e. The van der Waals surface area contributed by atoms with E-state index >= 15 is 0 Å². The fraction of sp³-hybridized carbons (Fsp3) is 0.400. The number of benzene rings is 1. The lowest BCUT2D eigenvalue weighted by Gasteiger charge is -2.37. The third-order valence-corrected chi connectivity index (χ3v) is 3.98. The second-order valence-electron chi connectivity index (χ2n) is 5.36. The molecule has 7 heteroatoms. The average Bonchev–Trinajstić information content (AvgIpc) is 2.87. The largest absolute Gasteiger partial charge is 0.332 e. The van der Waals surface area contributed by atoms with Crippen LogP contribution in [0.15, 0.2) is 30.3 Å². The molecule has 0 spiro atoms. The van der Waals surface area contributed by atoms with Gasteiger partial charge >= 0.3 is 6.03 Å². The molecule has 116 valence electrons. The lowest BCUT2D eigenvalue weighted by atomic mass is 10.0. The Morgan fingerprint density at radius 3 is 2.68 bits per heavy atom. The molecule has 2 fully saturated rings. The van der Waals surface area contributed by atoms with Crippen molar-refractivity contribution in [1.29, 1.82) is 0 Å². The van der Waals surface area contributed by atoms with Gasteiger partial charge in [0.25, 0.3) is 5.91 Å². The zero-order valence-corrected chi connectivity index (χ0v) is 12.1. The fourth-order valence-corrected chi connectivity index (χ4v) is 2.82. The third kappa shape index (κ3) is 2.80. The summed E-state index contributed by atoms with van der Waals surface area (Å²) in [7, 11) is 0. The molecule has 2 aliphatic rings. The van der Waals surface area contributed by atoms with E-state index in [0.717, 1.165) is 10.5 Å². The number of rotatable bonds is 3. The van der Waals surface area contributed by atoms with Crippen molar-refractivity contribution in [2.75, 3.05) is 32.7 Å². The number of hydrogen-bond acceptors (Lipinski definition) is 4. The van der Waals surface area contributed by atoms with Gasteiger partial charge in [0.2, 0.25) is 5.91 Å². The summed E-state index contributed by atoms with van der Waals surface area (Å²) in [6.45, 7) is 1.69. The standard InChI is InChI=1S/C15H18N4O3/c20-13-9-17-15(22)19(13)10-14(21)18-7-6-16-8-12(18)11-4-2-1-3-5-11/h1-5,12,16H,6-10H2,(H,17,22)/t12-/m1/s1. The van der Waals surface area contributed by atoms with Crippen molar-refractivity contribution in [3.05, 3.63) is 35.9 Å². The maximum absolute atomic E-state index is 12.6. The molecule has 2 heterocycles. The zero-order chi connectivity index (χ0) is 15.5. The van der Waals surface area contributed by atoms with Crippen LogP contribution in [0.5, 0.6) is 0 Å². The highest BCUT2D eigenvalue weighted by Gasteiger charge is 2.34. The van der Waals surface area contributed by atoms with Crippen molar-refractivity contribution in [1.82, 2.24) is 20.4 Å². The Balaban J connectivity index is 1.74. The molecule has 3 rings (SSSR count). The van der Waals surface area contributed by atoms with E-state index in [4.69, 9.17) is 0 Å². The van der Waals surface area contributed by atoms with E-state index in [1.54, 1.807) is 4.90 Å². The van der Waals surface area contributed by atoms with E-state index in [1.165, 1.54) is 0 Å². The number of nitrogens with one attached hydrogen (secondary N) is 2. The highest BCUT2D eigenvalue weighted by Crippen LogP contribution is 2.22. The molecule has 0 aliphatic carbocycles. The maximum Gasteiger partial charge on any atom is 0.325 e. The van der Waals surface area contributed by atoms with Gasteiger partial charge in [-0.25, -0.2) is 4.79 Å². The summed E-state index contributed by atoms with van der Waals surface area (Å²) in [5.74, 6) is -0.564. The van der Waals surface area contributed by atoms with E-state index < -0.39 is 6.03 Å². The molecule has 22 heavy (non-hydrogen) atoms. The van der Waals surface area contributed by atoms with Crippen LogP contribution in [-0.2, 0) is 9.59 Å². The van der Waals surface area contributed by atoms with Crippen molar-refractivity contribution in [2.24, 2.45) is 0 Å². The number of piperazine rings is 1. The van der Waals surface area contributed by atoms with Crippen molar-refractivity contribution < 1.29 is 14.4 Å². The third-order valence-electron chi connectivity index (χ3n) is 3.98. The SMILES string of the molecule is O=C1CNC(=O)N1CC(=O)N1CCNC[C@@H]1c1ccccc1. The van der Waals surface area contributed by atoms with Crippen LogP contribution in [-0.4, -0.2) is 60.4 Å². The molecule has 4 amide bonds. The summed E-state index contributed by atoms with van der Waals surface area (Å²) >= 11 is 0. The van der Waals surface area contributed by atoms with E-state index in [0.29, 0.717) is 19.6 Å². The van der Waals surface area contributed by atoms with Crippen LogP contribution in [0.2, 0.25) is 0 Å². The first-order chi connectivity index (χ1) is 10.7. The number of carbonyl (C=O) groups is 3. The molecule has 0 aromatic heterocycles. The summed E-state index contributed by atoms with van der Waals surface area (Å²) in [6, 6.07) is 9.18. The van der Waals surface area contributed by atoms with Gasteiger partial charge in [-0.05, 0) is 5.56 Å². The average molecular weight is 302 g/mol. The van der Waals surface area contributed by atoms with Gasteiger partial charge in [0.1, 0.15) is 6.54 Å². The van der Waals surface area contributed by atoms with Crippen LogP contribution >= 0.6 is 0 Å². The first-order valence-electron chi connectivity index (χ1n) is 7.30. The van der Waals surface area contributed by atoms with Crippen molar-refractivity contribution >= 4 is 17.8 Å². The quantitative estimate of drug-likeness (QED) is 0.752. The number of urea groups is 1. The zero-order valence-electron chi connectivity index (χ0n) is 12.1. The van der Waals surface area contributed by atoms with E-state index in [9.17, 15) is 14.4 Å². The minimum atomic E-state index is -0.496. The molecule has 1 atom stereocenters. The predicted molar refractivity (Wildman–Crippen MR) is 78.9 cm³/mol. The second kappa shape index (κ2) is 6.15. The predicted octanol–water partition coefficient (Wildman–Crippen LogP) is -0.289. The van der Waals surface area contributed by atoms with Crippen LogP contribution in [0.1, 0.15) is 11.6 Å². The molecule has 0 bridgehead atoms. The molecular weight excluding hydrogens is 284 g/mol. The van der Waals surface area contributed by atoms with Crippen LogP contribution in [0.4, 0.5) is 4.79 Å². The molecule has 0 saturated carbocycles. The van der Waals surface area contributed by atoms with Crippen LogP contribution in [0, 0.1) is 0 Å². The molecule has 0 unspecified atom stereocenters. The molecular formula is C15H18N4O3. The molecule has 1 aromatic rings. The molecule has 0 radical (unpaired) electrons. The molecule has 7 nitrogen and oxygen atoms in total. The molecule has 1 aromatic carbocycles. The summed E-state index contributed by atoms with van der Waals surface area (Å²) in [4.78, 5) is 38.5.